The zero-order chi connectivity index (χ0) is 16.1. The first kappa shape index (κ1) is 14.9. The Hall–Kier alpha value is -3.07. The van der Waals surface area contributed by atoms with Crippen molar-refractivity contribution in [1.82, 2.24) is 0 Å². The van der Waals surface area contributed by atoms with E-state index in [4.69, 9.17) is 4.74 Å². The maximum Gasteiger partial charge on any atom is 0.551 e. The van der Waals surface area contributed by atoms with Crippen molar-refractivity contribution in [2.45, 2.75) is 5.60 Å². The monoisotopic (exact) mass is 303 g/mol. The van der Waals surface area contributed by atoms with E-state index >= 15 is 0 Å². The lowest BCUT2D eigenvalue weighted by Gasteiger charge is -2.33. The molecule has 1 radical (unpaired) electrons. The van der Waals surface area contributed by atoms with Gasteiger partial charge in [0.25, 0.3) is 0 Å². The molecule has 0 aliphatic rings. The highest BCUT2D eigenvalue weighted by Crippen LogP contribution is 2.40. The molecule has 0 heterocycles. The lowest BCUT2D eigenvalue weighted by Crippen LogP contribution is -2.34. The minimum Gasteiger partial charge on any atom is -0.410 e. The molecular weight excluding hydrogens is 288 g/mol. The zero-order valence-electron chi connectivity index (χ0n) is 12.4. The van der Waals surface area contributed by atoms with Gasteiger partial charge in [-0.05, 0) is 0 Å². The smallest absolute Gasteiger partial charge is 0.410 e. The maximum atomic E-state index is 11.4. The van der Waals surface area contributed by atoms with E-state index in [1.165, 1.54) is 0 Å². The number of ether oxygens (including phenoxy) is 1. The Kier molecular flexibility index (Phi) is 4.11. The highest BCUT2D eigenvalue weighted by atomic mass is 16.7. The summed E-state index contributed by atoms with van der Waals surface area (Å²) in [7, 11) is 0. The predicted octanol–water partition coefficient (Wildman–Crippen LogP) is 4.55. The minimum atomic E-state index is -1.57. The topological polar surface area (TPSA) is 46.2 Å². The summed E-state index contributed by atoms with van der Waals surface area (Å²) in [5.74, 6) is 0. The quantitative estimate of drug-likeness (QED) is 0.524. The van der Waals surface area contributed by atoms with Gasteiger partial charge in [-0.1, -0.05) is 91.0 Å². The van der Waals surface area contributed by atoms with Gasteiger partial charge in [0.05, 0.1) is 0 Å². The fourth-order valence-corrected chi connectivity index (χ4v) is 2.82. The second-order valence-corrected chi connectivity index (χ2v) is 5.13. The van der Waals surface area contributed by atoms with Gasteiger partial charge in [0, 0.05) is 16.7 Å². The van der Waals surface area contributed by atoms with E-state index < -0.39 is 11.8 Å². The number of carbonyl (C=O) groups is 1. The highest BCUT2D eigenvalue weighted by Gasteiger charge is 2.40. The summed E-state index contributed by atoms with van der Waals surface area (Å²) in [6.45, 7) is 0. The van der Waals surface area contributed by atoms with E-state index in [0.29, 0.717) is 0 Å². The number of hydrogen-bond acceptors (Lipinski definition) is 2. The molecule has 0 bridgehead atoms. The van der Waals surface area contributed by atoms with Gasteiger partial charge >= 0.3 is 6.16 Å². The largest absolute Gasteiger partial charge is 0.551 e. The van der Waals surface area contributed by atoms with E-state index in [-0.39, 0.29) is 0 Å². The lowest BCUT2D eigenvalue weighted by molar-refractivity contribution is 0.00854. The molecule has 0 atom stereocenters. The first-order chi connectivity index (χ1) is 11.2. The Morgan fingerprint density at radius 3 is 1.17 bits per heavy atom. The molecule has 0 saturated carbocycles. The van der Waals surface area contributed by atoms with Gasteiger partial charge < -0.3 is 4.74 Å². The highest BCUT2D eigenvalue weighted by molar-refractivity contribution is 5.61. The van der Waals surface area contributed by atoms with Crippen LogP contribution in [0.4, 0.5) is 4.79 Å². The van der Waals surface area contributed by atoms with Crippen molar-refractivity contribution in [3.63, 3.8) is 0 Å². The summed E-state index contributed by atoms with van der Waals surface area (Å²) in [6, 6.07) is 27.9. The molecule has 0 aliphatic heterocycles. The van der Waals surface area contributed by atoms with Crippen molar-refractivity contribution in [2.24, 2.45) is 0 Å². The molecule has 0 aromatic heterocycles. The molecule has 0 aliphatic carbocycles. The molecule has 3 aromatic rings. The minimum absolute atomic E-state index is 0.724. The number of carbonyl (C=O) groups excluding carboxylic acids is 1. The molecular formula is C20H15O3. The Bertz CT molecular complexity index is 671. The molecule has 0 fully saturated rings. The molecule has 3 rings (SSSR count). The van der Waals surface area contributed by atoms with Crippen molar-refractivity contribution in [1.29, 1.82) is 0 Å². The summed E-state index contributed by atoms with van der Waals surface area (Å²) >= 11 is 0. The van der Waals surface area contributed by atoms with Crippen LogP contribution < -0.4 is 0 Å². The van der Waals surface area contributed by atoms with E-state index in [2.05, 4.69) is 0 Å². The second-order valence-electron chi connectivity index (χ2n) is 5.13. The molecule has 0 unspecified atom stereocenters. The number of hydrogen-bond donors (Lipinski definition) is 0. The number of rotatable bonds is 4. The maximum absolute atomic E-state index is 11.4. The second kappa shape index (κ2) is 6.36. The van der Waals surface area contributed by atoms with Crippen molar-refractivity contribution >= 4 is 6.16 Å². The van der Waals surface area contributed by atoms with Crippen molar-refractivity contribution in [3.8, 4) is 0 Å². The van der Waals surface area contributed by atoms with Gasteiger partial charge in [0.1, 0.15) is 0 Å². The summed E-state index contributed by atoms with van der Waals surface area (Å²) in [5.41, 5.74) is 0.910. The van der Waals surface area contributed by atoms with Crippen LogP contribution in [0.15, 0.2) is 91.0 Å². The summed E-state index contributed by atoms with van der Waals surface area (Å²) in [4.78, 5) is 11.4. The van der Waals surface area contributed by atoms with Crippen molar-refractivity contribution in [3.05, 3.63) is 108 Å². The molecule has 3 nitrogen and oxygen atoms in total. The predicted molar refractivity (Wildman–Crippen MR) is 86.4 cm³/mol. The van der Waals surface area contributed by atoms with Crippen molar-refractivity contribution in [2.75, 3.05) is 0 Å². The van der Waals surface area contributed by atoms with E-state index in [0.717, 1.165) is 16.7 Å². The lowest BCUT2D eigenvalue weighted by atomic mass is 9.80. The fourth-order valence-electron chi connectivity index (χ4n) is 2.82. The van der Waals surface area contributed by atoms with Crippen LogP contribution in [0.5, 0.6) is 0 Å². The molecule has 0 amide bonds. The Morgan fingerprint density at radius 2 is 0.913 bits per heavy atom. The normalized spacial score (nSPS) is 11.0. The van der Waals surface area contributed by atoms with Crippen LogP contribution in [0.1, 0.15) is 16.7 Å². The molecule has 23 heavy (non-hydrogen) atoms. The molecule has 3 heteroatoms. The van der Waals surface area contributed by atoms with Gasteiger partial charge in [0.15, 0.2) is 5.60 Å². The Labute approximate surface area is 134 Å². The van der Waals surface area contributed by atoms with Gasteiger partial charge in [-0.3, -0.25) is 0 Å². The first-order valence-corrected chi connectivity index (χ1v) is 7.30. The fraction of sp³-hybridized carbons (Fsp3) is 0.0500. The number of benzene rings is 3. The third-order valence-corrected chi connectivity index (χ3v) is 3.78. The first-order valence-electron chi connectivity index (χ1n) is 7.30. The standard InChI is InChI=1S/C20H15O3/c21-19(22)23-20(16-10-4-1-5-11-16,17-12-6-2-7-13-17)18-14-8-3-9-15-18/h1-15H. The van der Waals surface area contributed by atoms with Crippen LogP contribution in [0.2, 0.25) is 0 Å². The average Bonchev–Trinajstić information content (AvgIpc) is 2.62. The SMILES string of the molecule is [O]C(=O)OC(c1ccccc1)(c1ccccc1)c1ccccc1. The molecule has 0 N–H and O–H groups in total. The summed E-state index contributed by atoms with van der Waals surface area (Å²) in [5, 5.41) is 11.4. The summed E-state index contributed by atoms with van der Waals surface area (Å²) < 4.78 is 5.40. The third-order valence-electron chi connectivity index (χ3n) is 3.78. The zero-order valence-corrected chi connectivity index (χ0v) is 12.4. The third kappa shape index (κ3) is 2.81. The van der Waals surface area contributed by atoms with Crippen molar-refractivity contribution < 1.29 is 14.6 Å². The van der Waals surface area contributed by atoms with Crippen LogP contribution in [-0.2, 0) is 15.4 Å². The van der Waals surface area contributed by atoms with Crippen LogP contribution in [0.25, 0.3) is 0 Å². The van der Waals surface area contributed by atoms with Crippen LogP contribution in [-0.4, -0.2) is 6.16 Å². The van der Waals surface area contributed by atoms with Gasteiger partial charge in [-0.15, -0.1) is 0 Å². The average molecular weight is 303 g/mol. The molecule has 0 spiro atoms. The van der Waals surface area contributed by atoms with Gasteiger partial charge in [-0.2, -0.15) is 9.90 Å². The van der Waals surface area contributed by atoms with E-state index in [1.54, 1.807) is 0 Å². The summed E-state index contributed by atoms with van der Waals surface area (Å²) in [6.07, 6.45) is -1.57. The molecule has 3 aromatic carbocycles. The molecule has 0 saturated heterocycles. The molecule has 113 valence electrons. The Balaban J connectivity index is 2.32. The van der Waals surface area contributed by atoms with E-state index in [1.807, 2.05) is 91.0 Å². The van der Waals surface area contributed by atoms with Gasteiger partial charge in [0.2, 0.25) is 0 Å². The van der Waals surface area contributed by atoms with E-state index in [9.17, 15) is 9.90 Å². The van der Waals surface area contributed by atoms with Crippen LogP contribution >= 0.6 is 0 Å². The van der Waals surface area contributed by atoms with Gasteiger partial charge in [-0.25, -0.2) is 0 Å². The van der Waals surface area contributed by atoms with Crippen LogP contribution in [0, 0.1) is 0 Å². The Morgan fingerprint density at radius 1 is 0.609 bits per heavy atom. The van der Waals surface area contributed by atoms with Crippen LogP contribution in [0.3, 0.4) is 0 Å².